The summed E-state index contributed by atoms with van der Waals surface area (Å²) in [4.78, 5) is 37.9. The van der Waals surface area contributed by atoms with E-state index in [9.17, 15) is 15.0 Å². The number of rotatable bonds is 12. The van der Waals surface area contributed by atoms with Crippen LogP contribution in [0, 0.1) is 111 Å². The number of unbranched alkanes of at least 4 members (excludes halogenated alkanes) is 1. The quantitative estimate of drug-likeness (QED) is 0.0688. The third-order valence-corrected chi connectivity index (χ3v) is 15.8. The second-order valence-electron chi connectivity index (χ2n) is 23.2. The largest absolute Gasteiger partial charge is 1.00 e. The molecule has 470 valence electrons. The van der Waals surface area contributed by atoms with Crippen molar-refractivity contribution in [2.45, 2.75) is 136 Å². The molecule has 0 radical (unpaired) electrons. The van der Waals surface area contributed by atoms with E-state index >= 15 is 0 Å². The molecule has 0 aliphatic rings. The second-order valence-corrected chi connectivity index (χ2v) is 23.2. The summed E-state index contributed by atoms with van der Waals surface area (Å²) in [5.74, 6) is 5.07. The van der Waals surface area contributed by atoms with Crippen LogP contribution in [0.15, 0.2) is 170 Å². The minimum absolute atomic E-state index is 0. The monoisotopic (exact) mass is 1220 g/mol. The van der Waals surface area contributed by atoms with Gasteiger partial charge in [-0.3, -0.25) is 19.7 Å². The fraction of sp³-hybridized carbons (Fsp3) is 0.263. The average Bonchev–Trinajstić information content (AvgIpc) is 1.45. The van der Waals surface area contributed by atoms with E-state index in [2.05, 4.69) is 230 Å². The fourth-order valence-corrected chi connectivity index (χ4v) is 11.1. The van der Waals surface area contributed by atoms with Crippen LogP contribution in [0.1, 0.15) is 150 Å². The van der Waals surface area contributed by atoms with Crippen LogP contribution in [0.2, 0.25) is 0 Å². The van der Waals surface area contributed by atoms with E-state index in [-0.39, 0.29) is 18.9 Å². The van der Waals surface area contributed by atoms with Crippen LogP contribution in [0.4, 0.5) is 0 Å². The molecule has 0 aromatic carbocycles. The van der Waals surface area contributed by atoms with E-state index in [4.69, 9.17) is 15.0 Å². The number of aldehydes is 1. The molecule has 0 fully saturated rings. The molecule has 0 amide bonds. The molecule has 2 N–H and O–H groups in total. The van der Waals surface area contributed by atoms with Crippen molar-refractivity contribution in [1.82, 2.24) is 57.3 Å². The van der Waals surface area contributed by atoms with Gasteiger partial charge in [-0.05, 0) is 255 Å². The minimum Gasteiger partial charge on any atom is -0.382 e. The number of aromatic nitrogens is 12. The van der Waals surface area contributed by atoms with E-state index in [1.54, 1.807) is 6.07 Å². The Morgan fingerprint density at radius 1 is 0.370 bits per heavy atom. The molecule has 12 aromatic heterocycles. The second kappa shape index (κ2) is 31.7. The van der Waals surface area contributed by atoms with Crippen molar-refractivity contribution in [3.8, 4) is 34.9 Å². The fourth-order valence-electron chi connectivity index (χ4n) is 11.1. The smallest absolute Gasteiger partial charge is 0.382 e. The Kier molecular flexibility index (Phi) is 24.2. The van der Waals surface area contributed by atoms with E-state index in [1.165, 1.54) is 29.2 Å². The van der Waals surface area contributed by atoms with Crippen LogP contribution < -0.4 is 18.9 Å². The van der Waals surface area contributed by atoms with Crippen molar-refractivity contribution < 1.29 is 33.9 Å². The van der Waals surface area contributed by atoms with Gasteiger partial charge >= 0.3 is 18.9 Å². The summed E-state index contributed by atoms with van der Waals surface area (Å²) in [6, 6.07) is 55.8. The molecule has 0 saturated carbocycles. The summed E-state index contributed by atoms with van der Waals surface area (Å²) >= 11 is 0. The summed E-state index contributed by atoms with van der Waals surface area (Å²) in [7, 11) is 0. The first-order chi connectivity index (χ1) is 43.5. The zero-order valence-corrected chi connectivity index (χ0v) is 56.7. The third kappa shape index (κ3) is 16.4. The van der Waals surface area contributed by atoms with E-state index in [1.807, 2.05) is 93.6 Å². The summed E-state index contributed by atoms with van der Waals surface area (Å²) in [6.45, 7) is 36.3. The van der Waals surface area contributed by atoms with Gasteiger partial charge in [-0.25, -0.2) is 15.0 Å². The summed E-state index contributed by atoms with van der Waals surface area (Å²) in [5.41, 5.74) is 19.5. The van der Waals surface area contributed by atoms with E-state index in [0.717, 1.165) is 121 Å². The molecule has 12 rings (SSSR count). The maximum atomic E-state index is 11.2. The topological polar surface area (TPSA) is 164 Å². The Balaban J connectivity index is 0.000000179. The summed E-state index contributed by atoms with van der Waals surface area (Å²) in [5, 5.41) is 22.3. The van der Waals surface area contributed by atoms with Gasteiger partial charge in [0.2, 0.25) is 0 Å². The number of carbonyl (C=O) groups excluding carboxylic acids is 1. The van der Waals surface area contributed by atoms with Crippen LogP contribution >= 0.6 is 0 Å². The number of aryl methyl sites for hydroxylation is 15. The van der Waals surface area contributed by atoms with Crippen LogP contribution in [-0.2, 0) is 0 Å². The molecule has 0 bridgehead atoms. The Hall–Kier alpha value is -9.23. The van der Waals surface area contributed by atoms with Gasteiger partial charge in [0, 0.05) is 91.0 Å². The third-order valence-electron chi connectivity index (χ3n) is 15.8. The van der Waals surface area contributed by atoms with Crippen LogP contribution in [0.25, 0.3) is 34.9 Å². The van der Waals surface area contributed by atoms with Crippen LogP contribution in [0.3, 0.4) is 0 Å². The first-order valence-corrected chi connectivity index (χ1v) is 30.9. The molecular weight excluding hydrogens is 1140 g/mol. The molecule has 92 heavy (non-hydrogen) atoms. The molecule has 0 saturated heterocycles. The Morgan fingerprint density at radius 2 is 0.674 bits per heavy atom. The number of carbonyl (C=O) groups is 1. The molecular formula is C76H87LiN12O3. The van der Waals surface area contributed by atoms with Gasteiger partial charge in [0.15, 0.2) is 6.29 Å². The summed E-state index contributed by atoms with van der Waals surface area (Å²) < 4.78 is 12.8. The van der Waals surface area contributed by atoms with Crippen molar-refractivity contribution in [3.63, 3.8) is 0 Å². The van der Waals surface area contributed by atoms with Gasteiger partial charge in [-0.1, -0.05) is 37.6 Å². The SMILES string of the molecule is Cc1ccc(C)n1-c1cccc(-n2c(C)ccc2C)n1.Cc1cccc(C(O)c2cc(-n3c(C)ccc3C)nc(-n3c(C)ccc3C)c2)n1.Cc1cccc(C(O)c2ccc(-n3c(C)ccc3C)nc2-n2c(C)ccc2C)n1.Cc1cccc(C=O)n1.[CH2-]CCC.[Li+]. The van der Waals surface area contributed by atoms with Crippen LogP contribution in [0.5, 0.6) is 0 Å². The zero-order valence-electron chi connectivity index (χ0n) is 56.7. The predicted octanol–water partition coefficient (Wildman–Crippen LogP) is 13.1. The molecule has 0 aliphatic heterocycles. The molecule has 16 heteroatoms. The Bertz CT molecular complexity index is 4190. The number of aliphatic hydroxyl groups excluding tert-OH is 2. The first-order valence-electron chi connectivity index (χ1n) is 30.9. The number of hydrogen-bond donors (Lipinski definition) is 2. The first kappa shape index (κ1) is 70.2. The van der Waals surface area contributed by atoms with Crippen molar-refractivity contribution in [1.29, 1.82) is 0 Å². The summed E-state index contributed by atoms with van der Waals surface area (Å²) in [6.07, 6.45) is 1.33. The molecule has 12 heterocycles. The molecule has 2 unspecified atom stereocenters. The van der Waals surface area contributed by atoms with Crippen LogP contribution in [-0.4, -0.2) is 73.8 Å². The van der Waals surface area contributed by atoms with Gasteiger partial charge in [-0.15, -0.1) is 0 Å². The molecule has 0 aliphatic carbocycles. The molecule has 15 nitrogen and oxygen atoms in total. The number of hydrogen-bond acceptors (Lipinski definition) is 9. The van der Waals surface area contributed by atoms with Gasteiger partial charge < -0.3 is 44.5 Å². The van der Waals surface area contributed by atoms with Crippen molar-refractivity contribution in [3.05, 3.63) is 290 Å². The van der Waals surface area contributed by atoms with Crippen molar-refractivity contribution in [2.24, 2.45) is 0 Å². The predicted molar refractivity (Wildman–Crippen MR) is 366 cm³/mol. The van der Waals surface area contributed by atoms with Gasteiger partial charge in [0.25, 0.3) is 0 Å². The number of pyridine rings is 6. The van der Waals surface area contributed by atoms with Crippen molar-refractivity contribution >= 4 is 6.29 Å². The Labute approximate surface area is 555 Å². The van der Waals surface area contributed by atoms with E-state index in [0.29, 0.717) is 17.1 Å². The zero-order chi connectivity index (χ0) is 65.8. The van der Waals surface area contributed by atoms with Gasteiger partial charge in [-0.2, -0.15) is 6.42 Å². The number of aliphatic hydroxyl groups is 2. The van der Waals surface area contributed by atoms with E-state index < -0.39 is 12.2 Å². The van der Waals surface area contributed by atoms with Gasteiger partial charge in [0.1, 0.15) is 52.8 Å². The minimum atomic E-state index is -0.862. The number of nitrogens with zero attached hydrogens (tertiary/aromatic N) is 12. The molecule has 12 aromatic rings. The van der Waals surface area contributed by atoms with Crippen molar-refractivity contribution in [2.75, 3.05) is 0 Å². The van der Waals surface area contributed by atoms with Gasteiger partial charge in [0.05, 0.1) is 11.4 Å². The Morgan fingerprint density at radius 3 is 1.01 bits per heavy atom. The maximum Gasteiger partial charge on any atom is 1.00 e. The maximum absolute atomic E-state index is 11.2. The standard InChI is InChI=1S/2C24H26N4O.C17H19N3.C7H7NO.C4H9.Li/c1-15-7-6-8-21(25-15)24(29)20-13-22(27-16(2)9-10-17(27)3)26-23(14-20)28-18(4)11-12-19(28)5;1-15-7-6-8-21(25-15)23(29)20-13-14-22(27-16(2)9-10-17(27)3)26-24(20)28-18(4)11-12-19(28)5;1-12-8-9-13(2)19(12)16-6-5-7-17(18-16)20-14(3)10-11-15(20)4;1-6-3-2-4-7(5-9)8-6;1-3-4-2;/h6-14,24,29H,1-5H3;6-14,23,29H,1-5H3;5-11H,1-4H3;2-5H,1H3;1,3-4H2,2H3;/q;;;;-1;+1. The normalized spacial score (nSPS) is 11.4. The molecule has 2 atom stereocenters. The molecule has 0 spiro atoms. The average molecular weight is 1220 g/mol.